The predicted molar refractivity (Wildman–Crippen MR) is 74.3 cm³/mol. The van der Waals surface area contributed by atoms with Gasteiger partial charge in [-0.05, 0) is 37.5 Å². The fourth-order valence-corrected chi connectivity index (χ4v) is 2.54. The van der Waals surface area contributed by atoms with Gasteiger partial charge in [0.2, 0.25) is 0 Å². The summed E-state index contributed by atoms with van der Waals surface area (Å²) in [7, 11) is 1.34. The van der Waals surface area contributed by atoms with Gasteiger partial charge in [0, 0.05) is 17.7 Å². The molecule has 2 aromatic rings. The maximum Gasteiger partial charge on any atom is 0.359 e. The normalized spacial score (nSPS) is 19.1. The number of nitrogen functional groups attached to an aromatic ring is 1. The number of nitrogens with zero attached hydrogens (tertiary/aromatic N) is 2. The van der Waals surface area contributed by atoms with Crippen LogP contribution in [0.2, 0.25) is 0 Å². The summed E-state index contributed by atoms with van der Waals surface area (Å²) in [5.74, 6) is -0.463. The van der Waals surface area contributed by atoms with E-state index in [1.54, 1.807) is 16.8 Å². The van der Waals surface area contributed by atoms with Gasteiger partial charge in [-0.15, -0.1) is 0 Å². The van der Waals surface area contributed by atoms with Crippen molar-refractivity contribution in [3.8, 4) is 0 Å². The van der Waals surface area contributed by atoms with E-state index >= 15 is 0 Å². The molecule has 1 aliphatic rings. The van der Waals surface area contributed by atoms with Crippen LogP contribution in [-0.4, -0.2) is 29.5 Å². The Morgan fingerprint density at radius 1 is 1.50 bits per heavy atom. The first kappa shape index (κ1) is 12.9. The van der Waals surface area contributed by atoms with Gasteiger partial charge in [-0.25, -0.2) is 9.48 Å². The summed E-state index contributed by atoms with van der Waals surface area (Å²) in [6.45, 7) is 0.717. The SMILES string of the molecule is COC(=O)c1nn(C2CCCCO2)c2ccc(N)cc12. The third-order valence-corrected chi connectivity index (χ3v) is 3.54. The molecule has 20 heavy (non-hydrogen) atoms. The summed E-state index contributed by atoms with van der Waals surface area (Å²) in [6, 6.07) is 5.40. The highest BCUT2D eigenvalue weighted by Crippen LogP contribution is 2.29. The van der Waals surface area contributed by atoms with Crippen LogP contribution in [0.15, 0.2) is 18.2 Å². The highest BCUT2D eigenvalue weighted by atomic mass is 16.5. The fourth-order valence-electron chi connectivity index (χ4n) is 2.54. The van der Waals surface area contributed by atoms with Crippen molar-refractivity contribution in [2.75, 3.05) is 19.5 Å². The molecule has 2 heterocycles. The van der Waals surface area contributed by atoms with Gasteiger partial charge >= 0.3 is 5.97 Å². The molecule has 1 aromatic carbocycles. The van der Waals surface area contributed by atoms with Crippen LogP contribution in [0.3, 0.4) is 0 Å². The van der Waals surface area contributed by atoms with Gasteiger partial charge in [0.25, 0.3) is 0 Å². The van der Waals surface area contributed by atoms with Crippen LogP contribution in [0.4, 0.5) is 5.69 Å². The number of benzene rings is 1. The number of aromatic nitrogens is 2. The molecule has 0 amide bonds. The van der Waals surface area contributed by atoms with E-state index in [0.717, 1.165) is 24.8 Å². The second-order valence-corrected chi connectivity index (χ2v) is 4.88. The molecule has 1 aromatic heterocycles. The lowest BCUT2D eigenvalue weighted by molar-refractivity contribution is -0.0369. The topological polar surface area (TPSA) is 79.4 Å². The number of hydrogen-bond donors (Lipinski definition) is 1. The van der Waals surface area contributed by atoms with E-state index in [-0.39, 0.29) is 11.9 Å². The van der Waals surface area contributed by atoms with Crippen LogP contribution in [0, 0.1) is 0 Å². The van der Waals surface area contributed by atoms with Crippen LogP contribution in [-0.2, 0) is 9.47 Å². The summed E-state index contributed by atoms with van der Waals surface area (Å²) in [5, 5.41) is 5.09. The molecular weight excluding hydrogens is 258 g/mol. The Bertz CT molecular complexity index is 644. The summed E-state index contributed by atoms with van der Waals surface area (Å²) < 4.78 is 12.3. The molecular formula is C14H17N3O3. The Morgan fingerprint density at radius 3 is 3.05 bits per heavy atom. The van der Waals surface area contributed by atoms with Crippen LogP contribution >= 0.6 is 0 Å². The lowest BCUT2D eigenvalue weighted by atomic mass is 10.1. The zero-order chi connectivity index (χ0) is 14.1. The van der Waals surface area contributed by atoms with Gasteiger partial charge < -0.3 is 15.2 Å². The number of carbonyl (C=O) groups is 1. The van der Waals surface area contributed by atoms with Crippen molar-refractivity contribution < 1.29 is 14.3 Å². The van der Waals surface area contributed by atoms with E-state index in [9.17, 15) is 4.79 Å². The fraction of sp³-hybridized carbons (Fsp3) is 0.429. The Kier molecular flexibility index (Phi) is 3.31. The van der Waals surface area contributed by atoms with Crippen molar-refractivity contribution in [3.63, 3.8) is 0 Å². The first-order valence-corrected chi connectivity index (χ1v) is 6.68. The second kappa shape index (κ2) is 5.13. The smallest absolute Gasteiger partial charge is 0.359 e. The Morgan fingerprint density at radius 2 is 2.35 bits per heavy atom. The third kappa shape index (κ3) is 2.12. The number of ether oxygens (including phenoxy) is 2. The number of carbonyl (C=O) groups excluding carboxylic acids is 1. The molecule has 6 heteroatoms. The van der Waals surface area contributed by atoms with Crippen LogP contribution in [0.5, 0.6) is 0 Å². The summed E-state index contributed by atoms with van der Waals surface area (Å²) in [4.78, 5) is 11.9. The molecule has 1 fully saturated rings. The number of anilines is 1. The van der Waals surface area contributed by atoms with E-state index in [2.05, 4.69) is 5.10 Å². The maximum atomic E-state index is 11.9. The van der Waals surface area contributed by atoms with E-state index in [4.69, 9.17) is 15.2 Å². The number of hydrogen-bond acceptors (Lipinski definition) is 5. The highest BCUT2D eigenvalue weighted by molar-refractivity contribution is 6.03. The molecule has 3 rings (SSSR count). The lowest BCUT2D eigenvalue weighted by Gasteiger charge is -2.23. The number of fused-ring (bicyclic) bond motifs is 1. The molecule has 0 saturated carbocycles. The molecule has 0 bridgehead atoms. The lowest BCUT2D eigenvalue weighted by Crippen LogP contribution is -2.19. The number of rotatable bonds is 2. The Hall–Kier alpha value is -2.08. The Labute approximate surface area is 116 Å². The molecule has 0 radical (unpaired) electrons. The summed E-state index contributed by atoms with van der Waals surface area (Å²) >= 11 is 0. The van der Waals surface area contributed by atoms with E-state index < -0.39 is 5.97 Å². The number of nitrogens with two attached hydrogens (primary N) is 1. The molecule has 0 aliphatic carbocycles. The van der Waals surface area contributed by atoms with Crippen molar-refractivity contribution >= 4 is 22.6 Å². The zero-order valence-electron chi connectivity index (χ0n) is 11.3. The molecule has 1 aliphatic heterocycles. The summed E-state index contributed by atoms with van der Waals surface area (Å²) in [5.41, 5.74) is 7.51. The molecule has 0 spiro atoms. The summed E-state index contributed by atoms with van der Waals surface area (Å²) in [6.07, 6.45) is 2.91. The minimum absolute atomic E-state index is 0.131. The number of esters is 1. The van der Waals surface area contributed by atoms with Crippen LogP contribution in [0.25, 0.3) is 10.9 Å². The van der Waals surface area contributed by atoms with Crippen molar-refractivity contribution in [1.82, 2.24) is 9.78 Å². The van der Waals surface area contributed by atoms with Crippen molar-refractivity contribution in [2.24, 2.45) is 0 Å². The maximum absolute atomic E-state index is 11.9. The largest absolute Gasteiger partial charge is 0.464 e. The molecule has 1 unspecified atom stereocenters. The quantitative estimate of drug-likeness (QED) is 0.670. The van der Waals surface area contributed by atoms with Gasteiger partial charge in [0.05, 0.1) is 12.6 Å². The van der Waals surface area contributed by atoms with Crippen molar-refractivity contribution in [1.29, 1.82) is 0 Å². The van der Waals surface area contributed by atoms with Crippen molar-refractivity contribution in [2.45, 2.75) is 25.5 Å². The molecule has 2 N–H and O–H groups in total. The Balaban J connectivity index is 2.14. The van der Waals surface area contributed by atoms with Gasteiger partial charge in [0.15, 0.2) is 11.9 Å². The average molecular weight is 275 g/mol. The van der Waals surface area contributed by atoms with Crippen molar-refractivity contribution in [3.05, 3.63) is 23.9 Å². The first-order valence-electron chi connectivity index (χ1n) is 6.68. The molecule has 106 valence electrons. The molecule has 1 saturated heterocycles. The van der Waals surface area contributed by atoms with Crippen LogP contribution < -0.4 is 5.73 Å². The van der Waals surface area contributed by atoms with E-state index in [0.29, 0.717) is 17.7 Å². The van der Waals surface area contributed by atoms with Gasteiger partial charge in [-0.2, -0.15) is 5.10 Å². The monoisotopic (exact) mass is 275 g/mol. The molecule has 1 atom stereocenters. The predicted octanol–water partition coefficient (Wildman–Crippen LogP) is 2.10. The average Bonchev–Trinajstić information content (AvgIpc) is 2.86. The van der Waals surface area contributed by atoms with E-state index in [1.807, 2.05) is 6.07 Å². The highest BCUT2D eigenvalue weighted by Gasteiger charge is 2.24. The van der Waals surface area contributed by atoms with Gasteiger partial charge in [-0.1, -0.05) is 0 Å². The number of methoxy groups -OCH3 is 1. The minimum Gasteiger partial charge on any atom is -0.464 e. The van der Waals surface area contributed by atoms with Gasteiger partial charge in [-0.3, -0.25) is 0 Å². The second-order valence-electron chi connectivity index (χ2n) is 4.88. The third-order valence-electron chi connectivity index (χ3n) is 3.54. The first-order chi connectivity index (χ1) is 9.70. The standard InChI is InChI=1S/C14H17N3O3/c1-19-14(18)13-10-8-9(15)5-6-11(10)17(16-13)12-4-2-3-7-20-12/h5-6,8,12H,2-4,7,15H2,1H3. The van der Waals surface area contributed by atoms with E-state index in [1.165, 1.54) is 7.11 Å². The van der Waals surface area contributed by atoms with Gasteiger partial charge in [0.1, 0.15) is 0 Å². The molecule has 6 nitrogen and oxygen atoms in total. The minimum atomic E-state index is -0.463. The zero-order valence-corrected chi connectivity index (χ0v) is 11.3. The van der Waals surface area contributed by atoms with Crippen LogP contribution in [0.1, 0.15) is 36.0 Å².